The summed E-state index contributed by atoms with van der Waals surface area (Å²) in [6.07, 6.45) is 4.43. The maximum absolute atomic E-state index is 13.9. The van der Waals surface area contributed by atoms with Crippen molar-refractivity contribution in [3.8, 4) is 0 Å². The molecule has 0 aromatic heterocycles. The van der Waals surface area contributed by atoms with Crippen LogP contribution in [-0.2, 0) is 23.4 Å². The number of hydrogen-bond acceptors (Lipinski definition) is 8. The third kappa shape index (κ3) is 6.67. The van der Waals surface area contributed by atoms with Gasteiger partial charge in [0.25, 0.3) is 0 Å². The number of phosphoric acid groups is 1. The van der Waals surface area contributed by atoms with E-state index in [2.05, 4.69) is 39.1 Å². The minimum atomic E-state index is -4.83. The van der Waals surface area contributed by atoms with E-state index in [0.717, 1.165) is 37.2 Å². The van der Waals surface area contributed by atoms with Crippen LogP contribution >= 0.6 is 7.82 Å². The van der Waals surface area contributed by atoms with E-state index in [1.807, 2.05) is 6.08 Å². The van der Waals surface area contributed by atoms with Crippen molar-refractivity contribution in [3.05, 3.63) is 11.6 Å². The minimum Gasteiger partial charge on any atom is -0.387 e. The maximum atomic E-state index is 13.9. The summed E-state index contributed by atoms with van der Waals surface area (Å²) in [7, 11) is -4.83. The lowest BCUT2D eigenvalue weighted by atomic mass is 9.46. The lowest BCUT2D eigenvalue weighted by molar-refractivity contribution is -0.312. The number of aliphatic hydroxyl groups is 3. The second-order valence-electron chi connectivity index (χ2n) is 15.6. The van der Waals surface area contributed by atoms with Crippen molar-refractivity contribution in [2.45, 2.75) is 136 Å². The first-order chi connectivity index (χ1) is 20.5. The van der Waals surface area contributed by atoms with Gasteiger partial charge in [0.1, 0.15) is 24.4 Å². The van der Waals surface area contributed by atoms with E-state index in [4.69, 9.17) is 19.3 Å². The van der Waals surface area contributed by atoms with Crippen LogP contribution in [0.15, 0.2) is 11.6 Å². The molecule has 4 fully saturated rings. The molecule has 0 unspecified atom stereocenters. The zero-order valence-electron chi connectivity index (χ0n) is 27.0. The average molecular weight is 643 g/mol. The first-order valence-corrected chi connectivity index (χ1v) is 18.4. The number of aliphatic hydroxyl groups excluding tert-OH is 3. The van der Waals surface area contributed by atoms with Gasteiger partial charge >= 0.3 is 7.82 Å². The number of ketones is 1. The number of phosphoric ester groups is 1. The predicted molar refractivity (Wildman–Crippen MR) is 163 cm³/mol. The fourth-order valence-corrected chi connectivity index (χ4v) is 10.4. The molecule has 4 aliphatic carbocycles. The topological polar surface area (TPSA) is 163 Å². The van der Waals surface area contributed by atoms with Crippen molar-refractivity contribution in [1.82, 2.24) is 0 Å². The van der Waals surface area contributed by atoms with Gasteiger partial charge in [-0.25, -0.2) is 4.57 Å². The molecular formula is C33H55O10P. The first-order valence-electron chi connectivity index (χ1n) is 16.8. The third-order valence-electron chi connectivity index (χ3n) is 12.5. The fourth-order valence-electron chi connectivity index (χ4n) is 10.0. The maximum Gasteiger partial charge on any atom is 0.469 e. The van der Waals surface area contributed by atoms with E-state index in [-0.39, 0.29) is 28.6 Å². The zero-order valence-corrected chi connectivity index (χ0v) is 27.9. The van der Waals surface area contributed by atoms with Crippen LogP contribution in [0.4, 0.5) is 0 Å². The summed E-state index contributed by atoms with van der Waals surface area (Å²) < 4.78 is 27.4. The van der Waals surface area contributed by atoms with Crippen LogP contribution in [0.3, 0.4) is 0 Å². The number of rotatable bonds is 10. The zero-order chi connectivity index (χ0) is 32.2. The van der Waals surface area contributed by atoms with E-state index in [1.165, 1.54) is 25.7 Å². The molecule has 1 heterocycles. The molecule has 0 spiro atoms. The van der Waals surface area contributed by atoms with Gasteiger partial charge in [-0.3, -0.25) is 9.32 Å². The standard InChI is InChI=1S/C33H55O10P/c1-18(2)7-6-8-19(3)22-9-10-23-27-24(12-14-33(22,23)5)32(4)13-11-21(15-20(32)16-25(27)34)42-31-30(37)29(36)28(35)26(43-31)17-41-44(38,39)40/h16,18-19,21-24,26-31,35-37H,6-15,17H2,1-5H3,(H2,38,39,40)/t19-,21+,22-,23+,24+,26-,27+,28+,29+,30-,31+,32+,33-/m1/s1. The Morgan fingerprint density at radius 2 is 1.70 bits per heavy atom. The highest BCUT2D eigenvalue weighted by atomic mass is 31.2. The van der Waals surface area contributed by atoms with Gasteiger partial charge < -0.3 is 34.6 Å². The predicted octanol–water partition coefficient (Wildman–Crippen LogP) is 4.51. The van der Waals surface area contributed by atoms with Crippen molar-refractivity contribution in [3.63, 3.8) is 0 Å². The molecule has 5 rings (SSSR count). The Morgan fingerprint density at radius 1 is 0.977 bits per heavy atom. The van der Waals surface area contributed by atoms with E-state index in [0.29, 0.717) is 36.5 Å². The molecule has 3 saturated carbocycles. The van der Waals surface area contributed by atoms with Crippen LogP contribution in [0.1, 0.15) is 98.8 Å². The highest BCUT2D eigenvalue weighted by molar-refractivity contribution is 7.46. The molecule has 0 amide bonds. The second-order valence-corrected chi connectivity index (χ2v) is 16.8. The summed E-state index contributed by atoms with van der Waals surface area (Å²) in [6.45, 7) is 11.1. The Bertz CT molecular complexity index is 1120. The smallest absolute Gasteiger partial charge is 0.387 e. The molecular weight excluding hydrogens is 587 g/mol. The molecule has 0 bridgehead atoms. The summed E-state index contributed by atoms with van der Waals surface area (Å²) in [5.74, 6) is 3.10. The molecule has 5 N–H and O–H groups in total. The largest absolute Gasteiger partial charge is 0.469 e. The van der Waals surface area contributed by atoms with E-state index in [1.54, 1.807) is 0 Å². The van der Waals surface area contributed by atoms with Gasteiger partial charge in [0.2, 0.25) is 0 Å². The Labute approximate surface area is 262 Å². The molecule has 0 aromatic carbocycles. The number of hydrogen-bond donors (Lipinski definition) is 5. The highest BCUT2D eigenvalue weighted by Crippen LogP contribution is 2.66. The molecule has 13 atom stereocenters. The SMILES string of the molecule is CC(C)CCC[C@@H](C)[C@H]1CC[C@H]2[C@@H]3C(=O)C=C4C[C@@H](O[C@H]5O[C@H](COP(=O)(O)O)[C@H](O)[C@H](O)[C@H]5O)CC[C@]4(C)[C@H]3CC[C@]12C. The lowest BCUT2D eigenvalue weighted by Gasteiger charge is -2.58. The molecule has 11 heteroatoms. The molecule has 0 aromatic rings. The number of fused-ring (bicyclic) bond motifs is 5. The van der Waals surface area contributed by atoms with Crippen LogP contribution in [-0.4, -0.2) is 74.3 Å². The number of carbonyl (C=O) groups is 1. The summed E-state index contributed by atoms with van der Waals surface area (Å²) in [4.78, 5) is 32.0. The summed E-state index contributed by atoms with van der Waals surface area (Å²) >= 11 is 0. The minimum absolute atomic E-state index is 0.0581. The number of allylic oxidation sites excluding steroid dienone is 1. The second kappa shape index (κ2) is 13.1. The third-order valence-corrected chi connectivity index (χ3v) is 13.0. The van der Waals surface area contributed by atoms with Crippen LogP contribution < -0.4 is 0 Å². The average Bonchev–Trinajstić information content (AvgIpc) is 3.30. The van der Waals surface area contributed by atoms with E-state index >= 15 is 0 Å². The summed E-state index contributed by atoms with van der Waals surface area (Å²) in [5, 5.41) is 31.2. The highest BCUT2D eigenvalue weighted by Gasteiger charge is 2.61. The van der Waals surface area contributed by atoms with Crippen molar-refractivity contribution in [1.29, 1.82) is 0 Å². The van der Waals surface area contributed by atoms with Crippen LogP contribution in [0.25, 0.3) is 0 Å². The van der Waals surface area contributed by atoms with Gasteiger partial charge in [-0.05, 0) is 91.4 Å². The van der Waals surface area contributed by atoms with Crippen LogP contribution in [0, 0.1) is 46.3 Å². The van der Waals surface area contributed by atoms with Crippen molar-refractivity contribution in [2.75, 3.05) is 6.61 Å². The molecule has 10 nitrogen and oxygen atoms in total. The summed E-state index contributed by atoms with van der Waals surface area (Å²) in [6, 6.07) is 0. The Kier molecular flexibility index (Phi) is 10.3. The van der Waals surface area contributed by atoms with Crippen LogP contribution in [0.5, 0.6) is 0 Å². The molecule has 1 saturated heterocycles. The molecule has 1 aliphatic heterocycles. The van der Waals surface area contributed by atoms with Gasteiger partial charge in [0.05, 0.1) is 12.7 Å². The summed E-state index contributed by atoms with van der Waals surface area (Å²) in [5.41, 5.74) is 1.17. The Morgan fingerprint density at radius 3 is 2.39 bits per heavy atom. The van der Waals surface area contributed by atoms with Crippen molar-refractivity contribution in [2.24, 2.45) is 46.3 Å². The number of ether oxygens (including phenoxy) is 2. The number of carbonyl (C=O) groups excluding carboxylic acids is 1. The van der Waals surface area contributed by atoms with Gasteiger partial charge in [-0.15, -0.1) is 0 Å². The quantitative estimate of drug-likeness (QED) is 0.214. The Balaban J connectivity index is 1.26. The molecule has 44 heavy (non-hydrogen) atoms. The molecule has 252 valence electrons. The monoisotopic (exact) mass is 642 g/mol. The normalized spacial score (nSPS) is 45.0. The van der Waals surface area contributed by atoms with Gasteiger partial charge in [0.15, 0.2) is 12.1 Å². The molecule has 0 radical (unpaired) electrons. The molecule has 5 aliphatic rings. The van der Waals surface area contributed by atoms with E-state index in [9.17, 15) is 24.7 Å². The van der Waals surface area contributed by atoms with Gasteiger partial charge in [-0.2, -0.15) is 0 Å². The van der Waals surface area contributed by atoms with Crippen molar-refractivity contribution >= 4 is 13.6 Å². The van der Waals surface area contributed by atoms with Gasteiger partial charge in [-0.1, -0.05) is 59.5 Å². The first kappa shape index (κ1) is 34.6. The lowest BCUT2D eigenvalue weighted by Crippen LogP contribution is -2.60. The van der Waals surface area contributed by atoms with E-state index < -0.39 is 45.1 Å². The van der Waals surface area contributed by atoms with Gasteiger partial charge in [0, 0.05) is 5.92 Å². The van der Waals surface area contributed by atoms with Crippen molar-refractivity contribution < 1.29 is 48.5 Å². The van der Waals surface area contributed by atoms with Crippen LogP contribution in [0.2, 0.25) is 0 Å². The fraction of sp³-hybridized carbons (Fsp3) is 0.909. The Hall–Kier alpha value is -0.680.